The summed E-state index contributed by atoms with van der Waals surface area (Å²) >= 11 is 1.84. The molecule has 0 aliphatic carbocycles. The molecule has 0 radical (unpaired) electrons. The van der Waals surface area contributed by atoms with Crippen LogP contribution in [0.3, 0.4) is 0 Å². The predicted molar refractivity (Wildman–Crippen MR) is 79.8 cm³/mol. The fourth-order valence-electron chi connectivity index (χ4n) is 2.44. The summed E-state index contributed by atoms with van der Waals surface area (Å²) < 4.78 is 0. The summed E-state index contributed by atoms with van der Waals surface area (Å²) in [4.78, 5) is 0. The van der Waals surface area contributed by atoms with Crippen molar-refractivity contribution in [2.75, 3.05) is 0 Å². The topological polar surface area (TPSA) is 0 Å². The molecule has 1 rings (SSSR count). The number of rotatable bonds is 10. The van der Waals surface area contributed by atoms with E-state index in [2.05, 4.69) is 30.7 Å². The van der Waals surface area contributed by atoms with E-state index >= 15 is 0 Å². The molecule has 1 heterocycles. The Morgan fingerprint density at radius 3 is 2.41 bits per heavy atom. The Morgan fingerprint density at radius 1 is 1.00 bits per heavy atom. The lowest BCUT2D eigenvalue weighted by Gasteiger charge is -2.15. The molecule has 1 aromatic rings. The molecule has 1 heteroatoms. The maximum atomic E-state index is 2.32. The summed E-state index contributed by atoms with van der Waals surface area (Å²) in [6.45, 7) is 4.60. The highest BCUT2D eigenvalue weighted by atomic mass is 32.1. The standard InChI is InChI=1S/C16H28S/c1-3-5-7-8-10-15(9-6-4-2)13-16-11-12-17-14-16/h11-12,14-15H,3-10,13H2,1-2H3. The SMILES string of the molecule is CCCCCCC(CCCC)Cc1ccsc1. The van der Waals surface area contributed by atoms with Crippen molar-refractivity contribution < 1.29 is 0 Å². The molecule has 0 amide bonds. The van der Waals surface area contributed by atoms with Gasteiger partial charge in [0.2, 0.25) is 0 Å². The Kier molecular flexibility index (Phi) is 8.42. The molecule has 0 N–H and O–H groups in total. The third-order valence-corrected chi connectivity index (χ3v) is 4.27. The smallest absolute Gasteiger partial charge is 0.00612 e. The van der Waals surface area contributed by atoms with Gasteiger partial charge in [-0.3, -0.25) is 0 Å². The zero-order chi connectivity index (χ0) is 12.3. The Bertz CT molecular complexity index is 250. The molecule has 98 valence electrons. The molecule has 0 aromatic carbocycles. The molecule has 0 fully saturated rings. The zero-order valence-electron chi connectivity index (χ0n) is 11.6. The van der Waals surface area contributed by atoms with Gasteiger partial charge in [-0.05, 0) is 34.7 Å². The lowest BCUT2D eigenvalue weighted by Crippen LogP contribution is -2.04. The van der Waals surface area contributed by atoms with E-state index in [1.54, 1.807) is 5.56 Å². The van der Waals surface area contributed by atoms with Crippen LogP contribution in [-0.2, 0) is 6.42 Å². The molecule has 0 bridgehead atoms. The van der Waals surface area contributed by atoms with Crippen LogP contribution in [0.5, 0.6) is 0 Å². The summed E-state index contributed by atoms with van der Waals surface area (Å²) in [5.41, 5.74) is 1.56. The average Bonchev–Trinajstić information content (AvgIpc) is 2.84. The molecule has 17 heavy (non-hydrogen) atoms. The zero-order valence-corrected chi connectivity index (χ0v) is 12.4. The molecule has 0 saturated carbocycles. The van der Waals surface area contributed by atoms with E-state index < -0.39 is 0 Å². The third-order valence-electron chi connectivity index (χ3n) is 3.54. The highest BCUT2D eigenvalue weighted by Crippen LogP contribution is 2.22. The molecular formula is C16H28S. The number of hydrogen-bond donors (Lipinski definition) is 0. The largest absolute Gasteiger partial charge is 0.152 e. The molecule has 1 atom stereocenters. The fourth-order valence-corrected chi connectivity index (χ4v) is 3.12. The number of unbranched alkanes of at least 4 members (excludes halogenated alkanes) is 4. The van der Waals surface area contributed by atoms with Crippen molar-refractivity contribution in [1.29, 1.82) is 0 Å². The van der Waals surface area contributed by atoms with Gasteiger partial charge < -0.3 is 0 Å². The lowest BCUT2D eigenvalue weighted by molar-refractivity contribution is 0.410. The van der Waals surface area contributed by atoms with Crippen molar-refractivity contribution in [1.82, 2.24) is 0 Å². The summed E-state index contributed by atoms with van der Waals surface area (Å²) in [6.07, 6.45) is 12.6. The van der Waals surface area contributed by atoms with E-state index in [0.717, 1.165) is 5.92 Å². The minimum atomic E-state index is 0.932. The minimum Gasteiger partial charge on any atom is -0.152 e. The van der Waals surface area contributed by atoms with Gasteiger partial charge in [-0.15, -0.1) is 0 Å². The van der Waals surface area contributed by atoms with E-state index in [1.165, 1.54) is 57.8 Å². The second-order valence-corrected chi connectivity index (χ2v) is 5.97. The van der Waals surface area contributed by atoms with Crippen LogP contribution in [0.15, 0.2) is 16.8 Å². The van der Waals surface area contributed by atoms with Gasteiger partial charge in [-0.2, -0.15) is 11.3 Å². The van der Waals surface area contributed by atoms with E-state index in [0.29, 0.717) is 0 Å². The highest BCUT2D eigenvalue weighted by Gasteiger charge is 2.09. The van der Waals surface area contributed by atoms with Crippen LogP contribution in [0.4, 0.5) is 0 Å². The lowest BCUT2D eigenvalue weighted by atomic mass is 9.90. The summed E-state index contributed by atoms with van der Waals surface area (Å²) in [6, 6.07) is 2.30. The molecule has 0 aliphatic rings. The maximum Gasteiger partial charge on any atom is -0.00612 e. The van der Waals surface area contributed by atoms with Crippen molar-refractivity contribution >= 4 is 11.3 Å². The minimum absolute atomic E-state index is 0.932. The summed E-state index contributed by atoms with van der Waals surface area (Å²) in [7, 11) is 0. The molecule has 0 nitrogen and oxygen atoms in total. The second-order valence-electron chi connectivity index (χ2n) is 5.19. The molecule has 1 unspecified atom stereocenters. The first-order chi connectivity index (χ1) is 8.36. The van der Waals surface area contributed by atoms with Gasteiger partial charge in [0, 0.05) is 0 Å². The fraction of sp³-hybridized carbons (Fsp3) is 0.750. The van der Waals surface area contributed by atoms with Crippen molar-refractivity contribution in [3.8, 4) is 0 Å². The molecule has 0 saturated heterocycles. The van der Waals surface area contributed by atoms with Gasteiger partial charge in [-0.1, -0.05) is 65.2 Å². The van der Waals surface area contributed by atoms with E-state index in [4.69, 9.17) is 0 Å². The number of hydrogen-bond acceptors (Lipinski definition) is 1. The average molecular weight is 252 g/mol. The monoisotopic (exact) mass is 252 g/mol. The normalized spacial score (nSPS) is 12.8. The van der Waals surface area contributed by atoms with Crippen LogP contribution < -0.4 is 0 Å². The van der Waals surface area contributed by atoms with Crippen molar-refractivity contribution in [2.45, 2.75) is 71.6 Å². The van der Waals surface area contributed by atoms with E-state index in [9.17, 15) is 0 Å². The maximum absolute atomic E-state index is 2.32. The first-order valence-corrected chi connectivity index (χ1v) is 8.32. The highest BCUT2D eigenvalue weighted by molar-refractivity contribution is 7.07. The van der Waals surface area contributed by atoms with Crippen LogP contribution in [0, 0.1) is 5.92 Å². The van der Waals surface area contributed by atoms with Gasteiger partial charge >= 0.3 is 0 Å². The molecule has 0 spiro atoms. The van der Waals surface area contributed by atoms with Gasteiger partial charge in [0.05, 0.1) is 0 Å². The van der Waals surface area contributed by atoms with Crippen LogP contribution >= 0.6 is 11.3 Å². The van der Waals surface area contributed by atoms with Crippen molar-refractivity contribution in [3.63, 3.8) is 0 Å². The molecule has 1 aromatic heterocycles. The van der Waals surface area contributed by atoms with Crippen LogP contribution in [0.25, 0.3) is 0 Å². The predicted octanol–water partition coefficient (Wildman–Crippen LogP) is 6.07. The number of thiophene rings is 1. The van der Waals surface area contributed by atoms with Crippen LogP contribution in [0.1, 0.15) is 70.8 Å². The van der Waals surface area contributed by atoms with Crippen LogP contribution in [0.2, 0.25) is 0 Å². The van der Waals surface area contributed by atoms with Crippen LogP contribution in [-0.4, -0.2) is 0 Å². The summed E-state index contributed by atoms with van der Waals surface area (Å²) in [5.74, 6) is 0.932. The Hall–Kier alpha value is -0.300. The van der Waals surface area contributed by atoms with Gasteiger partial charge in [0.15, 0.2) is 0 Å². The van der Waals surface area contributed by atoms with Gasteiger partial charge in [0.1, 0.15) is 0 Å². The quantitative estimate of drug-likeness (QED) is 0.443. The molecule has 0 aliphatic heterocycles. The first-order valence-electron chi connectivity index (χ1n) is 7.37. The molecular weight excluding hydrogens is 224 g/mol. The Balaban J connectivity index is 2.26. The van der Waals surface area contributed by atoms with Gasteiger partial charge in [-0.25, -0.2) is 0 Å². The van der Waals surface area contributed by atoms with Crippen molar-refractivity contribution in [3.05, 3.63) is 22.4 Å². The van der Waals surface area contributed by atoms with Crippen molar-refractivity contribution in [2.24, 2.45) is 5.92 Å². The van der Waals surface area contributed by atoms with E-state index in [1.807, 2.05) is 11.3 Å². The Morgan fingerprint density at radius 2 is 1.76 bits per heavy atom. The second kappa shape index (κ2) is 9.70. The third kappa shape index (κ3) is 6.88. The summed E-state index contributed by atoms with van der Waals surface area (Å²) in [5, 5.41) is 4.54. The first kappa shape index (κ1) is 14.8. The van der Waals surface area contributed by atoms with E-state index in [-0.39, 0.29) is 0 Å². The Labute approximate surface area is 111 Å². The van der Waals surface area contributed by atoms with Gasteiger partial charge in [0.25, 0.3) is 0 Å².